The van der Waals surface area contributed by atoms with Gasteiger partial charge in [0.15, 0.2) is 0 Å². The molecule has 234 valence electrons. The number of halogens is 2. The minimum Gasteiger partial charge on any atom is -0.465 e. The summed E-state index contributed by atoms with van der Waals surface area (Å²) in [6.45, 7) is -0.0281. The van der Waals surface area contributed by atoms with Gasteiger partial charge in [0, 0.05) is 18.2 Å². The first-order valence-electron chi connectivity index (χ1n) is 14.3. The fourth-order valence-corrected chi connectivity index (χ4v) is 5.07. The normalized spacial score (nSPS) is 17.1. The molecule has 0 saturated carbocycles. The molecule has 10 nitrogen and oxygen atoms in total. The van der Waals surface area contributed by atoms with Crippen molar-refractivity contribution in [2.24, 2.45) is 0 Å². The molecule has 1 saturated heterocycles. The third kappa shape index (κ3) is 9.75. The molecule has 4 rings (SSSR count). The topological polar surface area (TPSA) is 138 Å². The Labute approximate surface area is 254 Å². The number of benzene rings is 3. The van der Waals surface area contributed by atoms with E-state index < -0.39 is 43.0 Å². The molecular weight excluding hydrogens is 574 g/mol. The van der Waals surface area contributed by atoms with Gasteiger partial charge in [-0.2, -0.15) is 0 Å². The molecule has 3 atom stereocenters. The van der Waals surface area contributed by atoms with Gasteiger partial charge >= 0.3 is 12.2 Å². The van der Waals surface area contributed by atoms with Crippen molar-refractivity contribution in [1.29, 1.82) is 0 Å². The summed E-state index contributed by atoms with van der Waals surface area (Å²) in [7, 11) is 0. The Balaban J connectivity index is 1.38. The minimum atomic E-state index is -2.65. The van der Waals surface area contributed by atoms with Crippen LogP contribution in [0, 0.1) is 0 Å². The first-order chi connectivity index (χ1) is 21.3. The van der Waals surface area contributed by atoms with Crippen molar-refractivity contribution < 1.29 is 37.7 Å². The van der Waals surface area contributed by atoms with E-state index in [4.69, 9.17) is 9.47 Å². The lowest BCUT2D eigenvalue weighted by Crippen LogP contribution is -2.49. The van der Waals surface area contributed by atoms with E-state index >= 15 is 0 Å². The lowest BCUT2D eigenvalue weighted by Gasteiger charge is -2.30. The molecule has 0 aliphatic carbocycles. The summed E-state index contributed by atoms with van der Waals surface area (Å²) >= 11 is 0. The van der Waals surface area contributed by atoms with Gasteiger partial charge in [-0.1, -0.05) is 78.9 Å². The second-order valence-corrected chi connectivity index (χ2v) is 10.3. The molecule has 3 amide bonds. The molecule has 0 unspecified atom stereocenters. The largest absolute Gasteiger partial charge is 0.465 e. The number of anilines is 1. The van der Waals surface area contributed by atoms with Crippen LogP contribution in [0.1, 0.15) is 29.0 Å². The van der Waals surface area contributed by atoms with Crippen molar-refractivity contribution in [3.63, 3.8) is 0 Å². The Hall–Kier alpha value is -4.55. The Morgan fingerprint density at radius 2 is 1.59 bits per heavy atom. The van der Waals surface area contributed by atoms with E-state index in [1.807, 2.05) is 78.1 Å². The average molecular weight is 611 g/mol. The highest BCUT2D eigenvalue weighted by molar-refractivity contribution is 5.98. The summed E-state index contributed by atoms with van der Waals surface area (Å²) in [5, 5.41) is 20.3. The number of alkyl halides is 2. The highest BCUT2D eigenvalue weighted by Crippen LogP contribution is 2.29. The van der Waals surface area contributed by atoms with E-state index in [9.17, 15) is 28.3 Å². The second kappa shape index (κ2) is 16.3. The van der Waals surface area contributed by atoms with E-state index in [0.29, 0.717) is 25.1 Å². The molecule has 5 N–H and O–H groups in total. The lowest BCUT2D eigenvalue weighted by molar-refractivity contribution is -0.118. The standard InChI is InChI=1S/C32H36F2N4O6/c33-27(34)18-36-32(42)44-20-24-19-43-25(17-35-24)16-15-21-9-7-8-14-26(21)37-30(39)29(38-31(40)41)28(22-10-3-1-4-11-22)23-12-5-2-6-13-23/h1-14,24-25,27-29,35,38H,15-20H2,(H,36,42)(H,37,39)(H,40,41)/t24-,25+,29-/m0/s1. The molecule has 0 bridgehead atoms. The first-order valence-corrected chi connectivity index (χ1v) is 14.3. The molecule has 1 aliphatic rings. The highest BCUT2D eigenvalue weighted by Gasteiger charge is 2.33. The minimum absolute atomic E-state index is 0.0187. The summed E-state index contributed by atoms with van der Waals surface area (Å²) in [5.74, 6) is -1.07. The Morgan fingerprint density at radius 1 is 0.955 bits per heavy atom. The van der Waals surface area contributed by atoms with Crippen LogP contribution in [-0.2, 0) is 20.7 Å². The monoisotopic (exact) mass is 610 g/mol. The molecule has 44 heavy (non-hydrogen) atoms. The van der Waals surface area contributed by atoms with Crippen molar-refractivity contribution in [3.05, 3.63) is 102 Å². The average Bonchev–Trinajstić information content (AvgIpc) is 3.03. The van der Waals surface area contributed by atoms with Crippen LogP contribution in [0.15, 0.2) is 84.9 Å². The van der Waals surface area contributed by atoms with E-state index in [1.165, 1.54) is 0 Å². The fraction of sp³-hybridized carbons (Fsp3) is 0.344. The predicted octanol–water partition coefficient (Wildman–Crippen LogP) is 4.37. The molecule has 0 radical (unpaired) electrons. The summed E-state index contributed by atoms with van der Waals surface area (Å²) in [6.07, 6.45) is -3.83. The van der Waals surface area contributed by atoms with Crippen LogP contribution in [0.25, 0.3) is 0 Å². The van der Waals surface area contributed by atoms with Crippen molar-refractivity contribution in [1.82, 2.24) is 16.0 Å². The summed E-state index contributed by atoms with van der Waals surface area (Å²) in [4.78, 5) is 37.1. The van der Waals surface area contributed by atoms with Gasteiger partial charge in [-0.3, -0.25) is 4.79 Å². The number of hydrogen-bond acceptors (Lipinski definition) is 6. The van der Waals surface area contributed by atoms with Gasteiger partial charge < -0.3 is 35.8 Å². The summed E-state index contributed by atoms with van der Waals surface area (Å²) in [5.41, 5.74) is 3.01. The fourth-order valence-electron chi connectivity index (χ4n) is 5.07. The molecule has 0 aromatic heterocycles. The van der Waals surface area contributed by atoms with Crippen LogP contribution >= 0.6 is 0 Å². The van der Waals surface area contributed by atoms with Crippen LogP contribution < -0.4 is 21.3 Å². The molecule has 3 aromatic rings. The number of rotatable bonds is 13. The van der Waals surface area contributed by atoms with Gasteiger partial charge in [-0.15, -0.1) is 0 Å². The van der Waals surface area contributed by atoms with Crippen LogP contribution in [-0.4, -0.2) is 74.1 Å². The smallest absolute Gasteiger partial charge is 0.407 e. The van der Waals surface area contributed by atoms with Gasteiger partial charge in [0.1, 0.15) is 12.6 Å². The number of carbonyl (C=O) groups is 3. The van der Waals surface area contributed by atoms with Gasteiger partial charge in [-0.05, 0) is 35.6 Å². The maximum absolute atomic E-state index is 13.8. The first kappa shape index (κ1) is 32.4. The van der Waals surface area contributed by atoms with Crippen molar-refractivity contribution in [2.45, 2.75) is 43.4 Å². The summed E-state index contributed by atoms with van der Waals surface area (Å²) < 4.78 is 35.3. The molecule has 1 fully saturated rings. The number of aryl methyl sites for hydroxylation is 1. The van der Waals surface area contributed by atoms with Crippen LogP contribution in [0.4, 0.5) is 24.1 Å². The number of para-hydroxylation sites is 1. The molecular formula is C32H36F2N4O6. The van der Waals surface area contributed by atoms with Crippen LogP contribution in [0.2, 0.25) is 0 Å². The third-order valence-corrected chi connectivity index (χ3v) is 7.21. The maximum Gasteiger partial charge on any atom is 0.407 e. The SMILES string of the molecule is O=C(O)N[C@H](C(=O)Nc1ccccc1CC[C@@H]1CN[C@H](COC(=O)NCC(F)F)CO1)C(c1ccccc1)c1ccccc1. The Bertz CT molecular complexity index is 1320. The number of nitrogens with one attached hydrogen (secondary N) is 4. The van der Waals surface area contributed by atoms with Crippen molar-refractivity contribution in [2.75, 3.05) is 31.6 Å². The zero-order valence-corrected chi connectivity index (χ0v) is 24.0. The van der Waals surface area contributed by atoms with E-state index in [2.05, 4.69) is 16.0 Å². The lowest BCUT2D eigenvalue weighted by atomic mass is 9.84. The van der Waals surface area contributed by atoms with Gasteiger partial charge in [0.25, 0.3) is 6.43 Å². The molecule has 1 aliphatic heterocycles. The second-order valence-electron chi connectivity index (χ2n) is 10.3. The van der Waals surface area contributed by atoms with Crippen LogP contribution in [0.5, 0.6) is 0 Å². The number of morpholine rings is 1. The van der Waals surface area contributed by atoms with E-state index in [-0.39, 0.29) is 25.4 Å². The van der Waals surface area contributed by atoms with Crippen molar-refractivity contribution in [3.8, 4) is 0 Å². The molecule has 3 aromatic carbocycles. The van der Waals surface area contributed by atoms with E-state index in [1.54, 1.807) is 12.1 Å². The quantitative estimate of drug-likeness (QED) is 0.194. The molecule has 1 heterocycles. The van der Waals surface area contributed by atoms with Gasteiger partial charge in [-0.25, -0.2) is 18.4 Å². The zero-order valence-electron chi connectivity index (χ0n) is 24.0. The highest BCUT2D eigenvalue weighted by atomic mass is 19.3. The zero-order chi connectivity index (χ0) is 31.3. The number of alkyl carbamates (subject to hydrolysis) is 1. The number of hydrogen-bond donors (Lipinski definition) is 5. The summed E-state index contributed by atoms with van der Waals surface area (Å²) in [6, 6.07) is 24.5. The Kier molecular flexibility index (Phi) is 12.0. The maximum atomic E-state index is 13.8. The third-order valence-electron chi connectivity index (χ3n) is 7.21. The van der Waals surface area contributed by atoms with Gasteiger partial charge in [0.05, 0.1) is 25.3 Å². The number of carbonyl (C=O) groups excluding carboxylic acids is 2. The van der Waals surface area contributed by atoms with E-state index in [0.717, 1.165) is 16.7 Å². The van der Waals surface area contributed by atoms with Gasteiger partial charge in [0.2, 0.25) is 5.91 Å². The predicted molar refractivity (Wildman–Crippen MR) is 160 cm³/mol. The molecule has 0 spiro atoms. The molecule has 12 heteroatoms. The van der Waals surface area contributed by atoms with Crippen molar-refractivity contribution >= 4 is 23.8 Å². The number of amides is 3. The number of ether oxygens (including phenoxy) is 2. The number of carboxylic acid groups (broad SMARTS) is 1. The Morgan fingerprint density at radius 3 is 2.18 bits per heavy atom. The van der Waals surface area contributed by atoms with Crippen LogP contribution in [0.3, 0.4) is 0 Å².